The Morgan fingerprint density at radius 3 is 2.26 bits per heavy atom. The van der Waals surface area contributed by atoms with Gasteiger partial charge in [0.15, 0.2) is 6.61 Å². The fourth-order valence-corrected chi connectivity index (χ4v) is 3.85. The van der Waals surface area contributed by atoms with Crippen LogP contribution in [0, 0.1) is 6.92 Å². The Morgan fingerprint density at radius 1 is 0.943 bits per heavy atom. The zero-order valence-electron chi connectivity index (χ0n) is 20.8. The van der Waals surface area contributed by atoms with Crippen molar-refractivity contribution >= 4 is 23.4 Å². The van der Waals surface area contributed by atoms with Crippen molar-refractivity contribution < 1.29 is 14.3 Å². The minimum absolute atomic E-state index is 0.175. The van der Waals surface area contributed by atoms with Gasteiger partial charge in [-0.2, -0.15) is 0 Å². The van der Waals surface area contributed by atoms with Crippen molar-refractivity contribution in [1.82, 2.24) is 10.2 Å². The highest BCUT2D eigenvalue weighted by Crippen LogP contribution is 2.19. The zero-order valence-corrected chi connectivity index (χ0v) is 21.5. The van der Waals surface area contributed by atoms with E-state index >= 15 is 0 Å². The third-order valence-electron chi connectivity index (χ3n) is 5.39. The van der Waals surface area contributed by atoms with Crippen LogP contribution in [0.5, 0.6) is 5.75 Å². The minimum Gasteiger partial charge on any atom is -0.484 e. The molecule has 0 aromatic heterocycles. The molecule has 0 bridgehead atoms. The van der Waals surface area contributed by atoms with E-state index in [1.165, 1.54) is 0 Å². The summed E-state index contributed by atoms with van der Waals surface area (Å²) >= 11 is 6.07. The number of carbonyl (C=O) groups is 2. The summed E-state index contributed by atoms with van der Waals surface area (Å²) in [6.07, 6.45) is 0.381. The van der Waals surface area contributed by atoms with Crippen LogP contribution in [0.15, 0.2) is 78.9 Å². The molecule has 1 atom stereocenters. The van der Waals surface area contributed by atoms with Crippen LogP contribution >= 0.6 is 11.6 Å². The molecule has 0 aliphatic heterocycles. The summed E-state index contributed by atoms with van der Waals surface area (Å²) in [5, 5.41) is 3.67. The Hall–Kier alpha value is -3.31. The normalized spacial score (nSPS) is 12.0. The lowest BCUT2D eigenvalue weighted by Gasteiger charge is -2.33. The number of rotatable bonds is 9. The van der Waals surface area contributed by atoms with Gasteiger partial charge in [-0.05, 0) is 68.7 Å². The molecule has 0 heterocycles. The van der Waals surface area contributed by atoms with Crippen molar-refractivity contribution in [1.29, 1.82) is 0 Å². The second-order valence-electron chi connectivity index (χ2n) is 9.70. The Balaban J connectivity index is 1.92. The number of amides is 2. The van der Waals surface area contributed by atoms with Gasteiger partial charge in [0.1, 0.15) is 11.8 Å². The maximum absolute atomic E-state index is 13.6. The Kier molecular flexibility index (Phi) is 8.94. The van der Waals surface area contributed by atoms with E-state index < -0.39 is 11.6 Å². The molecule has 0 unspecified atom stereocenters. The van der Waals surface area contributed by atoms with E-state index in [0.29, 0.717) is 17.2 Å². The third kappa shape index (κ3) is 8.45. The fourth-order valence-electron chi connectivity index (χ4n) is 3.73. The van der Waals surface area contributed by atoms with E-state index in [1.54, 1.807) is 17.0 Å². The van der Waals surface area contributed by atoms with Crippen molar-refractivity contribution in [3.63, 3.8) is 0 Å². The summed E-state index contributed by atoms with van der Waals surface area (Å²) in [7, 11) is 0. The second-order valence-corrected chi connectivity index (χ2v) is 10.1. The van der Waals surface area contributed by atoms with Gasteiger partial charge in [-0.3, -0.25) is 9.59 Å². The monoisotopic (exact) mass is 492 g/mol. The smallest absolute Gasteiger partial charge is 0.261 e. The molecule has 3 rings (SSSR count). The molecule has 184 valence electrons. The summed E-state index contributed by atoms with van der Waals surface area (Å²) in [6.45, 7) is 7.83. The van der Waals surface area contributed by atoms with Crippen molar-refractivity contribution in [2.24, 2.45) is 0 Å². The molecule has 0 spiro atoms. The van der Waals surface area contributed by atoms with Crippen LogP contribution in [0.2, 0.25) is 5.02 Å². The quantitative estimate of drug-likeness (QED) is 0.424. The predicted molar refractivity (Wildman–Crippen MR) is 141 cm³/mol. The average molecular weight is 493 g/mol. The van der Waals surface area contributed by atoms with E-state index in [4.69, 9.17) is 16.3 Å². The number of hydrogen-bond donors (Lipinski definition) is 1. The summed E-state index contributed by atoms with van der Waals surface area (Å²) < 4.78 is 5.82. The van der Waals surface area contributed by atoms with Gasteiger partial charge in [0.25, 0.3) is 5.91 Å². The number of nitrogens with one attached hydrogen (secondary N) is 1. The van der Waals surface area contributed by atoms with E-state index in [1.807, 2.05) is 94.4 Å². The largest absolute Gasteiger partial charge is 0.484 e. The van der Waals surface area contributed by atoms with Gasteiger partial charge in [-0.25, -0.2) is 0 Å². The molecule has 1 N–H and O–H groups in total. The summed E-state index contributed by atoms with van der Waals surface area (Å²) in [5.41, 5.74) is 2.44. The van der Waals surface area contributed by atoms with Gasteiger partial charge in [0.05, 0.1) is 0 Å². The van der Waals surface area contributed by atoms with Crippen LogP contribution in [0.3, 0.4) is 0 Å². The van der Waals surface area contributed by atoms with Crippen molar-refractivity contribution in [2.45, 2.75) is 52.2 Å². The number of hydrogen-bond acceptors (Lipinski definition) is 3. The topological polar surface area (TPSA) is 58.6 Å². The maximum Gasteiger partial charge on any atom is 0.261 e. The van der Waals surface area contributed by atoms with Gasteiger partial charge in [0, 0.05) is 23.5 Å². The molecular formula is C29H33ClN2O3. The molecule has 0 aliphatic rings. The molecule has 0 saturated heterocycles. The lowest BCUT2D eigenvalue weighted by Crippen LogP contribution is -2.55. The fraction of sp³-hybridized carbons (Fsp3) is 0.310. The van der Waals surface area contributed by atoms with Gasteiger partial charge < -0.3 is 15.0 Å². The number of nitrogens with zero attached hydrogens (tertiary/aromatic N) is 1. The van der Waals surface area contributed by atoms with Gasteiger partial charge in [-0.15, -0.1) is 0 Å². The first-order chi connectivity index (χ1) is 16.6. The van der Waals surface area contributed by atoms with Gasteiger partial charge in [-0.1, -0.05) is 66.2 Å². The van der Waals surface area contributed by atoms with Crippen molar-refractivity contribution in [2.75, 3.05) is 6.61 Å². The lowest BCUT2D eigenvalue weighted by molar-refractivity contribution is -0.143. The number of halogens is 1. The number of aryl methyl sites for hydroxylation is 1. The molecule has 0 aliphatic carbocycles. The Labute approximate surface area is 213 Å². The van der Waals surface area contributed by atoms with Gasteiger partial charge in [0.2, 0.25) is 5.91 Å². The molecule has 3 aromatic carbocycles. The second kappa shape index (κ2) is 11.9. The minimum atomic E-state index is -0.721. The lowest BCUT2D eigenvalue weighted by atomic mass is 10.0. The molecule has 0 radical (unpaired) electrons. The SMILES string of the molecule is Cc1cccc(OCC(=O)N(Cc2ccc(Cl)cc2)[C@H](Cc2ccccc2)C(=O)NC(C)(C)C)c1. The first kappa shape index (κ1) is 26.3. The Morgan fingerprint density at radius 2 is 1.63 bits per heavy atom. The van der Waals surface area contributed by atoms with Gasteiger partial charge >= 0.3 is 0 Å². The van der Waals surface area contributed by atoms with E-state index in [9.17, 15) is 9.59 Å². The molecule has 35 heavy (non-hydrogen) atoms. The summed E-state index contributed by atoms with van der Waals surface area (Å²) in [4.78, 5) is 28.7. The molecule has 3 aromatic rings. The highest BCUT2D eigenvalue weighted by molar-refractivity contribution is 6.30. The van der Waals surface area contributed by atoms with Crippen molar-refractivity contribution in [3.8, 4) is 5.75 Å². The van der Waals surface area contributed by atoms with Crippen LogP contribution in [-0.2, 0) is 22.6 Å². The highest BCUT2D eigenvalue weighted by Gasteiger charge is 2.32. The summed E-state index contributed by atoms with van der Waals surface area (Å²) in [6, 6.07) is 23.8. The maximum atomic E-state index is 13.6. The first-order valence-electron chi connectivity index (χ1n) is 11.7. The van der Waals surface area contributed by atoms with Crippen LogP contribution < -0.4 is 10.1 Å². The number of benzene rings is 3. The Bertz CT molecular complexity index is 1120. The number of ether oxygens (including phenoxy) is 1. The molecule has 6 heteroatoms. The van der Waals surface area contributed by atoms with Crippen LogP contribution in [0.1, 0.15) is 37.5 Å². The standard InChI is InChI=1S/C29H33ClN2O3/c1-21-9-8-12-25(17-21)35-20-27(33)32(19-23-13-15-24(30)16-14-23)26(28(34)31-29(2,3)4)18-22-10-6-5-7-11-22/h5-17,26H,18-20H2,1-4H3,(H,31,34)/t26-/m1/s1. The third-order valence-corrected chi connectivity index (χ3v) is 5.64. The average Bonchev–Trinajstić information content (AvgIpc) is 2.80. The number of carbonyl (C=O) groups excluding carboxylic acids is 2. The molecule has 0 fully saturated rings. The molecular weight excluding hydrogens is 460 g/mol. The summed E-state index contributed by atoms with van der Waals surface area (Å²) in [5.74, 6) is 0.134. The van der Waals surface area contributed by atoms with E-state index in [-0.39, 0.29) is 25.0 Å². The van der Waals surface area contributed by atoms with E-state index in [2.05, 4.69) is 5.32 Å². The van der Waals surface area contributed by atoms with Crippen LogP contribution in [-0.4, -0.2) is 34.9 Å². The van der Waals surface area contributed by atoms with E-state index in [0.717, 1.165) is 16.7 Å². The van der Waals surface area contributed by atoms with Crippen molar-refractivity contribution in [3.05, 3.63) is 101 Å². The molecule has 2 amide bonds. The van der Waals surface area contributed by atoms with Crippen LogP contribution in [0.25, 0.3) is 0 Å². The highest BCUT2D eigenvalue weighted by atomic mass is 35.5. The van der Waals surface area contributed by atoms with Crippen LogP contribution in [0.4, 0.5) is 0 Å². The predicted octanol–water partition coefficient (Wildman–Crippen LogP) is 5.58. The first-order valence-corrected chi connectivity index (χ1v) is 12.1. The zero-order chi connectivity index (χ0) is 25.4. The molecule has 0 saturated carbocycles. The molecule has 5 nitrogen and oxygen atoms in total.